The van der Waals surface area contributed by atoms with Gasteiger partial charge in [0.15, 0.2) is 6.04 Å². The number of aromatic nitrogens is 1. The molecule has 0 saturated carbocycles. The van der Waals surface area contributed by atoms with Crippen LogP contribution in [-0.2, 0) is 0 Å². The minimum atomic E-state index is -5.11. The van der Waals surface area contributed by atoms with E-state index in [0.29, 0.717) is 12.1 Å². The molecular formula is C12H8F5N3O2. The number of carbonyl (C=O) groups excluding carboxylic acids is 1. The summed E-state index contributed by atoms with van der Waals surface area (Å²) in [6.07, 6.45) is -2.89. The molecule has 22 heavy (non-hydrogen) atoms. The number of halogens is 5. The molecule has 5 nitrogen and oxygen atoms in total. The van der Waals surface area contributed by atoms with Crippen molar-refractivity contribution in [3.63, 3.8) is 0 Å². The van der Waals surface area contributed by atoms with Gasteiger partial charge >= 0.3 is 18.2 Å². The average Bonchev–Trinajstić information content (AvgIpc) is 2.89. The lowest BCUT2D eigenvalue weighted by molar-refractivity contribution is -0.156. The molecule has 0 fully saturated rings. The number of anilines is 1. The van der Waals surface area contributed by atoms with Gasteiger partial charge in [0.2, 0.25) is 0 Å². The topological polar surface area (TPSA) is 67.2 Å². The van der Waals surface area contributed by atoms with Gasteiger partial charge in [-0.1, -0.05) is 6.07 Å². The van der Waals surface area contributed by atoms with Gasteiger partial charge in [0, 0.05) is 0 Å². The fraction of sp³-hybridized carbons (Fsp3) is 0.167. The van der Waals surface area contributed by atoms with Crippen molar-refractivity contribution in [2.75, 3.05) is 5.32 Å². The zero-order chi connectivity index (χ0) is 16.3. The van der Waals surface area contributed by atoms with Crippen LogP contribution in [0.15, 0.2) is 35.1 Å². The van der Waals surface area contributed by atoms with Crippen molar-refractivity contribution in [2.24, 2.45) is 0 Å². The lowest BCUT2D eigenvalue weighted by Crippen LogP contribution is -2.41. The summed E-state index contributed by atoms with van der Waals surface area (Å²) in [4.78, 5) is 15.0. The highest BCUT2D eigenvalue weighted by Crippen LogP contribution is 2.35. The molecule has 0 saturated heterocycles. The van der Waals surface area contributed by atoms with Crippen molar-refractivity contribution >= 4 is 12.0 Å². The van der Waals surface area contributed by atoms with E-state index in [1.807, 2.05) is 5.32 Å². The molecule has 0 aliphatic carbocycles. The Kier molecular flexibility index (Phi) is 4.29. The summed E-state index contributed by atoms with van der Waals surface area (Å²) in [5, 5.41) is 3.30. The molecule has 2 rings (SSSR count). The van der Waals surface area contributed by atoms with E-state index in [2.05, 4.69) is 9.40 Å². The van der Waals surface area contributed by atoms with Crippen LogP contribution < -0.4 is 10.6 Å². The molecule has 1 aromatic heterocycles. The first-order valence-corrected chi connectivity index (χ1v) is 5.76. The maximum absolute atomic E-state index is 13.5. The number of benzene rings is 1. The minimum absolute atomic E-state index is 0.368. The molecule has 0 radical (unpaired) electrons. The number of oxazole rings is 1. The monoisotopic (exact) mass is 321 g/mol. The molecule has 0 aliphatic heterocycles. The predicted molar refractivity (Wildman–Crippen MR) is 63.8 cm³/mol. The first-order chi connectivity index (χ1) is 10.3. The van der Waals surface area contributed by atoms with Gasteiger partial charge in [-0.2, -0.15) is 13.2 Å². The number of hydrogen-bond acceptors (Lipinski definition) is 3. The zero-order valence-electron chi connectivity index (χ0n) is 10.6. The highest BCUT2D eigenvalue weighted by Gasteiger charge is 2.45. The minimum Gasteiger partial charge on any atom is -0.432 e. The standard InChI is InChI=1S/C12H8F5N3O2/c13-6-2-1-3-7(14)8(6)9(12(15,16)17)19-10(21)20-11-18-4-5-22-11/h1-5,9H,(H2,18,19,20,21). The summed E-state index contributed by atoms with van der Waals surface area (Å²) in [7, 11) is 0. The number of nitrogens with one attached hydrogen (secondary N) is 2. The van der Waals surface area contributed by atoms with Gasteiger partial charge in [-0.3, -0.25) is 5.32 Å². The van der Waals surface area contributed by atoms with E-state index < -0.39 is 35.4 Å². The van der Waals surface area contributed by atoms with Crippen LogP contribution in [0.4, 0.5) is 32.8 Å². The first kappa shape index (κ1) is 15.7. The Morgan fingerprint density at radius 2 is 1.86 bits per heavy atom. The summed E-state index contributed by atoms with van der Waals surface area (Å²) >= 11 is 0. The number of amides is 2. The lowest BCUT2D eigenvalue weighted by Gasteiger charge is -2.22. The highest BCUT2D eigenvalue weighted by molar-refractivity contribution is 5.87. The van der Waals surface area contributed by atoms with Gasteiger partial charge in [0.25, 0.3) is 0 Å². The van der Waals surface area contributed by atoms with Crippen LogP contribution in [0.2, 0.25) is 0 Å². The van der Waals surface area contributed by atoms with Crippen LogP contribution >= 0.6 is 0 Å². The molecule has 118 valence electrons. The predicted octanol–water partition coefficient (Wildman–Crippen LogP) is 3.38. The second kappa shape index (κ2) is 6.00. The zero-order valence-corrected chi connectivity index (χ0v) is 10.6. The molecule has 0 bridgehead atoms. The van der Waals surface area contributed by atoms with E-state index in [-0.39, 0.29) is 6.01 Å². The summed E-state index contributed by atoms with van der Waals surface area (Å²) in [5.74, 6) is -2.86. The molecule has 1 atom stereocenters. The van der Waals surface area contributed by atoms with Crippen LogP contribution in [0.1, 0.15) is 11.6 Å². The average molecular weight is 321 g/mol. The summed E-state index contributed by atoms with van der Waals surface area (Å²) < 4.78 is 70.6. The molecule has 2 aromatic rings. The number of carbonyl (C=O) groups is 1. The summed E-state index contributed by atoms with van der Waals surface area (Å²) in [6, 6.07) is -2.40. The smallest absolute Gasteiger partial charge is 0.413 e. The number of alkyl halides is 3. The number of nitrogens with zero attached hydrogens (tertiary/aromatic N) is 1. The molecule has 1 heterocycles. The van der Waals surface area contributed by atoms with Crippen molar-refractivity contribution in [2.45, 2.75) is 12.2 Å². The van der Waals surface area contributed by atoms with E-state index in [4.69, 9.17) is 0 Å². The van der Waals surface area contributed by atoms with Crippen molar-refractivity contribution in [3.05, 3.63) is 47.9 Å². The quantitative estimate of drug-likeness (QED) is 0.852. The van der Waals surface area contributed by atoms with Gasteiger partial charge in [0.1, 0.15) is 17.9 Å². The third-order valence-electron chi connectivity index (χ3n) is 2.54. The first-order valence-electron chi connectivity index (χ1n) is 5.76. The number of rotatable bonds is 3. The maximum atomic E-state index is 13.5. The molecule has 2 amide bonds. The fourth-order valence-corrected chi connectivity index (χ4v) is 1.65. The number of hydrogen-bond donors (Lipinski definition) is 2. The van der Waals surface area contributed by atoms with Crippen molar-refractivity contribution < 1.29 is 31.2 Å². The Bertz CT molecular complexity index is 637. The van der Waals surface area contributed by atoms with Gasteiger partial charge in [-0.15, -0.1) is 0 Å². The number of urea groups is 1. The van der Waals surface area contributed by atoms with E-state index in [0.717, 1.165) is 18.5 Å². The van der Waals surface area contributed by atoms with Crippen LogP contribution in [0.5, 0.6) is 0 Å². The van der Waals surface area contributed by atoms with E-state index in [1.165, 1.54) is 5.32 Å². The highest BCUT2D eigenvalue weighted by atomic mass is 19.4. The van der Waals surface area contributed by atoms with Gasteiger partial charge in [-0.25, -0.2) is 18.6 Å². The van der Waals surface area contributed by atoms with Crippen molar-refractivity contribution in [1.29, 1.82) is 0 Å². The van der Waals surface area contributed by atoms with E-state index >= 15 is 0 Å². The van der Waals surface area contributed by atoms with E-state index in [1.54, 1.807) is 0 Å². The van der Waals surface area contributed by atoms with Crippen LogP contribution in [-0.4, -0.2) is 17.2 Å². The molecule has 0 aliphatic rings. The molecule has 10 heteroatoms. The normalized spacial score (nSPS) is 12.8. The Labute approximate surface area is 120 Å². The Balaban J connectivity index is 2.26. The molecular weight excluding hydrogens is 313 g/mol. The molecule has 2 N–H and O–H groups in total. The van der Waals surface area contributed by atoms with Gasteiger partial charge in [-0.05, 0) is 12.1 Å². The SMILES string of the molecule is O=C(Nc1ncco1)NC(c1c(F)cccc1F)C(F)(F)F. The Morgan fingerprint density at radius 1 is 1.23 bits per heavy atom. The molecule has 1 aromatic carbocycles. The Hall–Kier alpha value is -2.65. The third-order valence-corrected chi connectivity index (χ3v) is 2.54. The van der Waals surface area contributed by atoms with Gasteiger partial charge in [0.05, 0.1) is 11.8 Å². The van der Waals surface area contributed by atoms with E-state index in [9.17, 15) is 26.7 Å². The summed E-state index contributed by atoms with van der Waals surface area (Å²) in [6.45, 7) is 0. The molecule has 1 unspecified atom stereocenters. The largest absolute Gasteiger partial charge is 0.432 e. The van der Waals surface area contributed by atoms with Crippen LogP contribution in [0.3, 0.4) is 0 Å². The Morgan fingerprint density at radius 3 is 2.36 bits per heavy atom. The second-order valence-corrected chi connectivity index (χ2v) is 4.05. The summed E-state index contributed by atoms with van der Waals surface area (Å²) in [5.41, 5.74) is -1.31. The second-order valence-electron chi connectivity index (χ2n) is 4.05. The fourth-order valence-electron chi connectivity index (χ4n) is 1.65. The molecule has 0 spiro atoms. The van der Waals surface area contributed by atoms with Crippen LogP contribution in [0, 0.1) is 11.6 Å². The van der Waals surface area contributed by atoms with Crippen molar-refractivity contribution in [3.8, 4) is 0 Å². The maximum Gasteiger partial charge on any atom is 0.413 e. The third kappa shape index (κ3) is 3.51. The van der Waals surface area contributed by atoms with Crippen molar-refractivity contribution in [1.82, 2.24) is 10.3 Å². The van der Waals surface area contributed by atoms with Crippen LogP contribution in [0.25, 0.3) is 0 Å². The van der Waals surface area contributed by atoms with Gasteiger partial charge < -0.3 is 9.73 Å². The lowest BCUT2D eigenvalue weighted by atomic mass is 10.1.